The van der Waals surface area contributed by atoms with E-state index in [9.17, 15) is 5.11 Å². The first-order valence-corrected chi connectivity index (χ1v) is 5.17. The zero-order valence-corrected chi connectivity index (χ0v) is 9.90. The lowest BCUT2D eigenvalue weighted by Gasteiger charge is -2.24. The van der Waals surface area contributed by atoms with Gasteiger partial charge >= 0.3 is 0 Å². The molecule has 0 spiro atoms. The van der Waals surface area contributed by atoms with Crippen molar-refractivity contribution < 1.29 is 9.84 Å². The number of ether oxygens (including phenoxy) is 1. The number of methoxy groups -OCH3 is 1. The minimum Gasteiger partial charge on any atom is -0.385 e. The van der Waals surface area contributed by atoms with Crippen LogP contribution in [0.2, 0.25) is 0 Å². The van der Waals surface area contributed by atoms with Gasteiger partial charge < -0.3 is 14.4 Å². The molecule has 0 radical (unpaired) electrons. The standard InChI is InChI=1S/C11H20N2O2/c1-11(2,15-4)6-5-9(14)10-12-7-8-13(10)3/h7-9,14H,5-6H2,1-4H3. The van der Waals surface area contributed by atoms with Crippen molar-refractivity contribution in [1.82, 2.24) is 9.55 Å². The molecule has 0 bridgehead atoms. The van der Waals surface area contributed by atoms with Crippen LogP contribution < -0.4 is 0 Å². The Hall–Kier alpha value is -0.870. The third-order valence-corrected chi connectivity index (χ3v) is 2.73. The number of rotatable bonds is 5. The Morgan fingerprint density at radius 2 is 2.27 bits per heavy atom. The van der Waals surface area contributed by atoms with E-state index >= 15 is 0 Å². The molecular weight excluding hydrogens is 192 g/mol. The average molecular weight is 212 g/mol. The molecule has 1 aromatic rings. The second-order valence-corrected chi connectivity index (χ2v) is 4.41. The molecule has 1 rings (SSSR count). The van der Waals surface area contributed by atoms with Crippen LogP contribution in [0.4, 0.5) is 0 Å². The number of aliphatic hydroxyl groups excluding tert-OH is 1. The molecule has 1 aromatic heterocycles. The first-order valence-electron chi connectivity index (χ1n) is 5.17. The second-order valence-electron chi connectivity index (χ2n) is 4.41. The number of nitrogens with zero attached hydrogens (tertiary/aromatic N) is 2. The van der Waals surface area contributed by atoms with Gasteiger partial charge in [0.05, 0.1) is 5.60 Å². The van der Waals surface area contributed by atoms with Crippen LogP contribution in [0.5, 0.6) is 0 Å². The summed E-state index contributed by atoms with van der Waals surface area (Å²) in [7, 11) is 3.57. The smallest absolute Gasteiger partial charge is 0.137 e. The zero-order chi connectivity index (χ0) is 11.5. The van der Waals surface area contributed by atoms with Crippen molar-refractivity contribution >= 4 is 0 Å². The van der Waals surface area contributed by atoms with E-state index < -0.39 is 6.10 Å². The molecule has 0 aliphatic carbocycles. The van der Waals surface area contributed by atoms with Crippen LogP contribution >= 0.6 is 0 Å². The lowest BCUT2D eigenvalue weighted by Crippen LogP contribution is -2.23. The summed E-state index contributed by atoms with van der Waals surface area (Å²) in [5, 5.41) is 9.91. The number of aromatic nitrogens is 2. The van der Waals surface area contributed by atoms with Crippen LogP contribution in [0.15, 0.2) is 12.4 Å². The fraction of sp³-hybridized carbons (Fsp3) is 0.727. The lowest BCUT2D eigenvalue weighted by molar-refractivity contribution is 0.00175. The molecule has 0 amide bonds. The second kappa shape index (κ2) is 4.77. The Morgan fingerprint density at radius 3 is 2.73 bits per heavy atom. The van der Waals surface area contributed by atoms with Crippen molar-refractivity contribution in [3.05, 3.63) is 18.2 Å². The zero-order valence-electron chi connectivity index (χ0n) is 9.90. The van der Waals surface area contributed by atoms with Crippen molar-refractivity contribution in [3.63, 3.8) is 0 Å². The van der Waals surface area contributed by atoms with Crippen LogP contribution in [0.25, 0.3) is 0 Å². The normalized spacial score (nSPS) is 14.2. The Kier molecular flexibility index (Phi) is 3.88. The van der Waals surface area contributed by atoms with Crippen molar-refractivity contribution in [2.24, 2.45) is 7.05 Å². The van der Waals surface area contributed by atoms with Gasteiger partial charge in [0.15, 0.2) is 0 Å². The van der Waals surface area contributed by atoms with Crippen LogP contribution in [0, 0.1) is 0 Å². The maximum absolute atomic E-state index is 9.91. The number of aryl methyl sites for hydroxylation is 1. The summed E-state index contributed by atoms with van der Waals surface area (Å²) in [4.78, 5) is 4.11. The highest BCUT2D eigenvalue weighted by Crippen LogP contribution is 2.22. The molecule has 0 saturated heterocycles. The van der Waals surface area contributed by atoms with Crippen LogP contribution in [0.3, 0.4) is 0 Å². The molecule has 4 nitrogen and oxygen atoms in total. The molecule has 1 N–H and O–H groups in total. The minimum absolute atomic E-state index is 0.188. The fourth-order valence-corrected chi connectivity index (χ4v) is 1.41. The van der Waals surface area contributed by atoms with E-state index in [2.05, 4.69) is 4.98 Å². The Labute approximate surface area is 90.9 Å². The SMILES string of the molecule is COC(C)(C)CCC(O)c1nccn1C. The largest absolute Gasteiger partial charge is 0.385 e. The van der Waals surface area contributed by atoms with Crippen molar-refractivity contribution in [1.29, 1.82) is 0 Å². The first-order chi connectivity index (χ1) is 6.96. The predicted octanol–water partition coefficient (Wildman–Crippen LogP) is 1.66. The van der Waals surface area contributed by atoms with E-state index in [1.54, 1.807) is 13.3 Å². The van der Waals surface area contributed by atoms with E-state index in [0.717, 1.165) is 6.42 Å². The highest BCUT2D eigenvalue weighted by Gasteiger charge is 2.20. The van der Waals surface area contributed by atoms with Crippen molar-refractivity contribution in [2.45, 2.75) is 38.4 Å². The molecule has 1 unspecified atom stereocenters. The first kappa shape index (κ1) is 12.2. The van der Waals surface area contributed by atoms with Gasteiger partial charge in [-0.05, 0) is 26.7 Å². The summed E-state index contributed by atoms with van der Waals surface area (Å²) < 4.78 is 7.14. The molecule has 0 aromatic carbocycles. The Bertz CT molecular complexity index is 307. The molecule has 0 saturated carbocycles. The van der Waals surface area contributed by atoms with Crippen molar-refractivity contribution in [3.8, 4) is 0 Å². The monoisotopic (exact) mass is 212 g/mol. The Morgan fingerprint density at radius 1 is 1.60 bits per heavy atom. The van der Waals surface area contributed by atoms with E-state index in [0.29, 0.717) is 12.2 Å². The number of imidazole rings is 1. The van der Waals surface area contributed by atoms with E-state index in [4.69, 9.17) is 4.74 Å². The number of hydrogen-bond donors (Lipinski definition) is 1. The van der Waals surface area contributed by atoms with Gasteiger partial charge in [-0.25, -0.2) is 4.98 Å². The molecule has 1 atom stereocenters. The predicted molar refractivity (Wildman–Crippen MR) is 58.5 cm³/mol. The van der Waals surface area contributed by atoms with Gasteiger partial charge in [-0.3, -0.25) is 0 Å². The van der Waals surface area contributed by atoms with Gasteiger partial charge in [0.1, 0.15) is 11.9 Å². The summed E-state index contributed by atoms with van der Waals surface area (Å²) in [6, 6.07) is 0. The molecule has 4 heteroatoms. The molecule has 0 aliphatic heterocycles. The summed E-state index contributed by atoms with van der Waals surface area (Å²) in [6.45, 7) is 4.02. The van der Waals surface area contributed by atoms with Gasteiger partial charge in [0.2, 0.25) is 0 Å². The van der Waals surface area contributed by atoms with Crippen LogP contribution in [-0.4, -0.2) is 27.4 Å². The highest BCUT2D eigenvalue weighted by molar-refractivity contribution is 4.95. The third kappa shape index (κ3) is 3.32. The van der Waals surface area contributed by atoms with Gasteiger partial charge in [-0.1, -0.05) is 0 Å². The lowest BCUT2D eigenvalue weighted by atomic mass is 10.00. The molecule has 0 fully saturated rings. The maximum Gasteiger partial charge on any atom is 0.137 e. The topological polar surface area (TPSA) is 47.3 Å². The van der Waals surface area contributed by atoms with E-state index in [1.165, 1.54) is 0 Å². The Balaban J connectivity index is 2.50. The minimum atomic E-state index is -0.514. The molecule has 1 heterocycles. The van der Waals surface area contributed by atoms with Gasteiger partial charge in [0, 0.05) is 26.6 Å². The van der Waals surface area contributed by atoms with Gasteiger partial charge in [-0.15, -0.1) is 0 Å². The third-order valence-electron chi connectivity index (χ3n) is 2.73. The average Bonchev–Trinajstić information content (AvgIpc) is 2.61. The summed E-state index contributed by atoms with van der Waals surface area (Å²) in [5.74, 6) is 0.710. The van der Waals surface area contributed by atoms with Gasteiger partial charge in [0.25, 0.3) is 0 Å². The molecule has 86 valence electrons. The van der Waals surface area contributed by atoms with Crippen LogP contribution in [0.1, 0.15) is 38.6 Å². The van der Waals surface area contributed by atoms with E-state index in [1.807, 2.05) is 31.7 Å². The summed E-state index contributed by atoms with van der Waals surface area (Å²) in [6.07, 6.45) is 4.47. The van der Waals surface area contributed by atoms with Crippen LogP contribution in [-0.2, 0) is 11.8 Å². The summed E-state index contributed by atoms with van der Waals surface area (Å²) in [5.41, 5.74) is -0.188. The van der Waals surface area contributed by atoms with Gasteiger partial charge in [-0.2, -0.15) is 0 Å². The quantitative estimate of drug-likeness (QED) is 0.807. The fourth-order valence-electron chi connectivity index (χ4n) is 1.41. The highest BCUT2D eigenvalue weighted by atomic mass is 16.5. The molecular formula is C11H20N2O2. The molecule has 15 heavy (non-hydrogen) atoms. The molecule has 0 aliphatic rings. The maximum atomic E-state index is 9.91. The summed E-state index contributed by atoms with van der Waals surface area (Å²) >= 11 is 0. The number of aliphatic hydroxyl groups is 1. The van der Waals surface area contributed by atoms with E-state index in [-0.39, 0.29) is 5.60 Å². The van der Waals surface area contributed by atoms with Crippen molar-refractivity contribution in [2.75, 3.05) is 7.11 Å². The number of hydrogen-bond acceptors (Lipinski definition) is 3.